The Labute approximate surface area is 168 Å². The van der Waals surface area contributed by atoms with Crippen LogP contribution in [0.25, 0.3) is 0 Å². The Morgan fingerprint density at radius 1 is 1.36 bits per heavy atom. The zero-order valence-electron chi connectivity index (χ0n) is 15.7. The fourth-order valence-corrected chi connectivity index (χ4v) is 5.38. The molecule has 2 bridgehead atoms. The summed E-state index contributed by atoms with van der Waals surface area (Å²) in [6.45, 7) is 2.94. The van der Waals surface area contributed by atoms with E-state index in [9.17, 15) is 18.8 Å². The van der Waals surface area contributed by atoms with Crippen molar-refractivity contribution < 1.29 is 18.8 Å². The fourth-order valence-electron chi connectivity index (χ4n) is 5.18. The number of hydrogen-bond donors (Lipinski definition) is 1. The summed E-state index contributed by atoms with van der Waals surface area (Å²) in [5.74, 6) is -1.05. The summed E-state index contributed by atoms with van der Waals surface area (Å²) in [6.07, 6.45) is 2.71. The van der Waals surface area contributed by atoms with Crippen LogP contribution in [0.5, 0.6) is 0 Å². The van der Waals surface area contributed by atoms with E-state index < -0.39 is 11.2 Å². The number of amides is 3. The Hall–Kier alpha value is -2.15. The molecule has 150 valence electrons. The average molecular weight is 408 g/mol. The number of hydrogen-bond acceptors (Lipinski definition) is 3. The molecule has 3 fully saturated rings. The number of carbonyl (C=O) groups is 3. The van der Waals surface area contributed by atoms with Crippen LogP contribution in [0.1, 0.15) is 43.0 Å². The molecule has 8 heteroatoms. The highest BCUT2D eigenvalue weighted by Crippen LogP contribution is 2.53. The number of rotatable bonds is 3. The van der Waals surface area contributed by atoms with Crippen molar-refractivity contribution in [2.24, 2.45) is 5.41 Å². The second kappa shape index (κ2) is 7.03. The fraction of sp³-hybridized carbons (Fsp3) is 0.550. The molecule has 0 aliphatic carbocycles. The first-order chi connectivity index (χ1) is 13.4. The summed E-state index contributed by atoms with van der Waals surface area (Å²) < 4.78 is 13.7. The first-order valence-corrected chi connectivity index (χ1v) is 10.1. The van der Waals surface area contributed by atoms with Crippen molar-refractivity contribution in [3.8, 4) is 0 Å². The molecule has 6 nitrogen and oxygen atoms in total. The van der Waals surface area contributed by atoms with E-state index in [0.717, 1.165) is 18.9 Å². The molecule has 1 aromatic carbocycles. The van der Waals surface area contributed by atoms with Crippen molar-refractivity contribution in [1.82, 2.24) is 15.1 Å². The second-order valence-corrected chi connectivity index (χ2v) is 8.28. The quantitative estimate of drug-likeness (QED) is 0.835. The molecule has 0 spiro atoms. The molecule has 3 aliphatic heterocycles. The van der Waals surface area contributed by atoms with Crippen LogP contribution < -0.4 is 5.32 Å². The summed E-state index contributed by atoms with van der Waals surface area (Å²) in [5, 5.41) is 2.94. The lowest BCUT2D eigenvalue weighted by Gasteiger charge is -2.40. The van der Waals surface area contributed by atoms with Gasteiger partial charge in [-0.3, -0.25) is 14.4 Å². The number of nitrogens with zero attached hydrogens (tertiary/aromatic N) is 2. The van der Waals surface area contributed by atoms with E-state index in [-0.39, 0.29) is 46.9 Å². The number of halogens is 2. The topological polar surface area (TPSA) is 69.7 Å². The molecule has 3 saturated heterocycles. The predicted octanol–water partition coefficient (Wildman–Crippen LogP) is 2.21. The normalized spacial score (nSPS) is 29.2. The molecule has 28 heavy (non-hydrogen) atoms. The lowest BCUT2D eigenvalue weighted by atomic mass is 9.70. The van der Waals surface area contributed by atoms with E-state index in [1.807, 2.05) is 6.92 Å². The Morgan fingerprint density at radius 3 is 2.86 bits per heavy atom. The summed E-state index contributed by atoms with van der Waals surface area (Å²) >= 11 is 6.16. The zero-order chi connectivity index (χ0) is 20.1. The van der Waals surface area contributed by atoms with Crippen LogP contribution in [0.4, 0.5) is 4.39 Å². The molecular weight excluding hydrogens is 385 g/mol. The summed E-state index contributed by atoms with van der Waals surface area (Å²) in [4.78, 5) is 41.8. The van der Waals surface area contributed by atoms with Crippen molar-refractivity contribution in [3.05, 3.63) is 34.6 Å². The van der Waals surface area contributed by atoms with Gasteiger partial charge < -0.3 is 15.1 Å². The molecule has 1 aromatic rings. The molecule has 0 saturated carbocycles. The largest absolute Gasteiger partial charge is 0.353 e. The van der Waals surface area contributed by atoms with Crippen molar-refractivity contribution in [1.29, 1.82) is 0 Å². The molecule has 3 aliphatic rings. The van der Waals surface area contributed by atoms with E-state index in [4.69, 9.17) is 11.6 Å². The van der Waals surface area contributed by atoms with Gasteiger partial charge in [0.25, 0.3) is 5.91 Å². The van der Waals surface area contributed by atoms with E-state index >= 15 is 0 Å². The predicted molar refractivity (Wildman–Crippen MR) is 101 cm³/mol. The Balaban J connectivity index is 1.64. The number of fused-ring (bicyclic) bond motifs is 2. The van der Waals surface area contributed by atoms with Crippen LogP contribution in [-0.2, 0) is 9.59 Å². The number of carbonyl (C=O) groups excluding carboxylic acids is 3. The zero-order valence-corrected chi connectivity index (χ0v) is 16.5. The summed E-state index contributed by atoms with van der Waals surface area (Å²) in [7, 11) is 0. The van der Waals surface area contributed by atoms with E-state index in [2.05, 4.69) is 5.32 Å². The Bertz CT molecular complexity index is 848. The van der Waals surface area contributed by atoms with Crippen LogP contribution in [0.15, 0.2) is 18.2 Å². The van der Waals surface area contributed by atoms with Crippen LogP contribution in [0.3, 0.4) is 0 Å². The van der Waals surface area contributed by atoms with Gasteiger partial charge in [-0.25, -0.2) is 4.39 Å². The Morgan fingerprint density at radius 2 is 2.14 bits per heavy atom. The van der Waals surface area contributed by atoms with Gasteiger partial charge in [0.1, 0.15) is 5.82 Å². The molecular formula is C20H23ClFN3O3. The lowest BCUT2D eigenvalue weighted by molar-refractivity contribution is -0.148. The number of nitrogens with one attached hydrogen (secondary N) is 1. The SMILES string of the molecule is CC[C@]1(C(=O)N2CCNC(=O)C2)C[C@H]2CC[C@@H]1N2C(=O)c1cc(F)ccc1Cl. The second-order valence-electron chi connectivity index (χ2n) is 7.87. The van der Waals surface area contributed by atoms with Gasteiger partial charge in [-0.1, -0.05) is 18.5 Å². The highest BCUT2D eigenvalue weighted by molar-refractivity contribution is 6.33. The first-order valence-electron chi connectivity index (χ1n) is 9.71. The molecule has 3 heterocycles. The van der Waals surface area contributed by atoms with E-state index in [1.165, 1.54) is 12.1 Å². The minimum atomic E-state index is -0.698. The van der Waals surface area contributed by atoms with E-state index in [1.54, 1.807) is 9.80 Å². The van der Waals surface area contributed by atoms with Gasteiger partial charge in [0.2, 0.25) is 11.8 Å². The number of benzene rings is 1. The van der Waals surface area contributed by atoms with Gasteiger partial charge in [-0.2, -0.15) is 0 Å². The minimum absolute atomic E-state index is 0.0554. The van der Waals surface area contributed by atoms with Gasteiger partial charge in [0.15, 0.2) is 0 Å². The standard InChI is InChI=1S/C20H23ClFN3O3/c1-2-20(19(28)24-8-7-23-17(26)11-24)10-13-4-6-16(20)25(13)18(27)14-9-12(22)3-5-15(14)21/h3,5,9,13,16H,2,4,6-8,10-11H2,1H3,(H,23,26)/t13-,16+,20+/m1/s1. The maximum Gasteiger partial charge on any atom is 0.256 e. The molecule has 4 rings (SSSR count). The van der Waals surface area contributed by atoms with Gasteiger partial charge in [-0.05, 0) is 43.9 Å². The molecule has 0 radical (unpaired) electrons. The first kappa shape index (κ1) is 19.2. The van der Waals surface area contributed by atoms with Gasteiger partial charge in [0.05, 0.1) is 22.5 Å². The van der Waals surface area contributed by atoms with Crippen molar-refractivity contribution in [2.75, 3.05) is 19.6 Å². The molecule has 0 unspecified atom stereocenters. The van der Waals surface area contributed by atoms with Crippen LogP contribution in [0, 0.1) is 11.2 Å². The van der Waals surface area contributed by atoms with Crippen LogP contribution >= 0.6 is 11.6 Å². The van der Waals surface area contributed by atoms with Crippen LogP contribution in [-0.4, -0.2) is 59.2 Å². The minimum Gasteiger partial charge on any atom is -0.353 e. The molecule has 3 amide bonds. The molecule has 3 atom stereocenters. The molecule has 1 N–H and O–H groups in total. The van der Waals surface area contributed by atoms with Crippen molar-refractivity contribution >= 4 is 29.3 Å². The van der Waals surface area contributed by atoms with Gasteiger partial charge in [0, 0.05) is 25.2 Å². The van der Waals surface area contributed by atoms with Crippen LogP contribution in [0.2, 0.25) is 5.02 Å². The smallest absolute Gasteiger partial charge is 0.256 e. The van der Waals surface area contributed by atoms with Crippen molar-refractivity contribution in [2.45, 2.75) is 44.7 Å². The van der Waals surface area contributed by atoms with Gasteiger partial charge in [-0.15, -0.1) is 0 Å². The third-order valence-electron chi connectivity index (χ3n) is 6.52. The highest BCUT2D eigenvalue weighted by atomic mass is 35.5. The molecule has 0 aromatic heterocycles. The Kier molecular flexibility index (Phi) is 4.81. The number of piperazine rings is 1. The third kappa shape index (κ3) is 2.87. The maximum atomic E-state index is 13.7. The lowest BCUT2D eigenvalue weighted by Crippen LogP contribution is -2.57. The van der Waals surface area contributed by atoms with Gasteiger partial charge >= 0.3 is 0 Å². The highest BCUT2D eigenvalue weighted by Gasteiger charge is 2.61. The third-order valence-corrected chi connectivity index (χ3v) is 6.85. The average Bonchev–Trinajstić information content (AvgIpc) is 3.25. The van der Waals surface area contributed by atoms with E-state index in [0.29, 0.717) is 25.9 Å². The summed E-state index contributed by atoms with van der Waals surface area (Å²) in [6, 6.07) is 3.43. The maximum absolute atomic E-state index is 13.7. The monoisotopic (exact) mass is 407 g/mol. The van der Waals surface area contributed by atoms with Crippen molar-refractivity contribution in [3.63, 3.8) is 0 Å². The summed E-state index contributed by atoms with van der Waals surface area (Å²) in [5.41, 5.74) is -0.564.